The lowest BCUT2D eigenvalue weighted by atomic mass is 10.1. The summed E-state index contributed by atoms with van der Waals surface area (Å²) in [5.41, 5.74) is 3.28. The zero-order valence-corrected chi connectivity index (χ0v) is 15.0. The zero-order chi connectivity index (χ0) is 16.8. The summed E-state index contributed by atoms with van der Waals surface area (Å²) in [4.78, 5) is 1.13. The molecule has 0 fully saturated rings. The third-order valence-corrected chi connectivity index (χ3v) is 4.76. The summed E-state index contributed by atoms with van der Waals surface area (Å²) in [6.07, 6.45) is 1.53. The van der Waals surface area contributed by atoms with E-state index in [1.165, 1.54) is 5.56 Å². The molecule has 0 amide bonds. The van der Waals surface area contributed by atoms with Crippen LogP contribution in [0, 0.1) is 6.92 Å². The molecule has 0 bridgehead atoms. The predicted molar refractivity (Wildman–Crippen MR) is 97.3 cm³/mol. The third kappa shape index (κ3) is 4.74. The second-order valence-electron chi connectivity index (χ2n) is 5.67. The maximum Gasteiger partial charge on any atom is 0.132 e. The Morgan fingerprint density at radius 2 is 1.78 bits per heavy atom. The first-order chi connectivity index (χ1) is 11.0. The highest BCUT2D eigenvalue weighted by atomic mass is 32.2. The molecule has 2 atom stereocenters. The van der Waals surface area contributed by atoms with Gasteiger partial charge in [0.1, 0.15) is 5.75 Å². The Bertz CT molecular complexity index is 628. The van der Waals surface area contributed by atoms with Crippen LogP contribution in [0.25, 0.3) is 0 Å². The van der Waals surface area contributed by atoms with Crippen LogP contribution in [-0.4, -0.2) is 25.0 Å². The number of benzene rings is 2. The van der Waals surface area contributed by atoms with Crippen molar-refractivity contribution in [2.75, 3.05) is 19.9 Å². The minimum Gasteiger partial charge on any atom is -0.496 e. The lowest BCUT2D eigenvalue weighted by Crippen LogP contribution is -2.24. The number of thioether (sulfide) groups is 1. The van der Waals surface area contributed by atoms with Crippen LogP contribution in [0.15, 0.2) is 47.4 Å². The minimum absolute atomic E-state index is 0.139. The number of aliphatic hydroxyl groups is 1. The number of ether oxygens (including phenoxy) is 1. The number of hydrogen-bond acceptors (Lipinski definition) is 4. The van der Waals surface area contributed by atoms with Gasteiger partial charge in [0.05, 0.1) is 13.2 Å². The SMILES string of the molecule is COc1cc(C(C)NCC(O)c2ccc(C)cc2)ccc1SC. The fourth-order valence-corrected chi connectivity index (χ4v) is 2.98. The van der Waals surface area contributed by atoms with Crippen molar-refractivity contribution in [2.45, 2.75) is 30.9 Å². The van der Waals surface area contributed by atoms with Crippen molar-refractivity contribution < 1.29 is 9.84 Å². The molecule has 0 aliphatic carbocycles. The van der Waals surface area contributed by atoms with E-state index in [4.69, 9.17) is 4.74 Å². The highest BCUT2D eigenvalue weighted by Gasteiger charge is 2.12. The molecule has 124 valence electrons. The van der Waals surface area contributed by atoms with E-state index in [2.05, 4.69) is 30.4 Å². The Labute approximate surface area is 143 Å². The van der Waals surface area contributed by atoms with Gasteiger partial charge in [0.2, 0.25) is 0 Å². The zero-order valence-electron chi connectivity index (χ0n) is 14.2. The van der Waals surface area contributed by atoms with Crippen LogP contribution in [-0.2, 0) is 0 Å². The highest BCUT2D eigenvalue weighted by Crippen LogP contribution is 2.30. The number of nitrogens with one attached hydrogen (secondary N) is 1. The molecule has 0 aliphatic heterocycles. The van der Waals surface area contributed by atoms with Crippen LogP contribution >= 0.6 is 11.8 Å². The number of aryl methyl sites for hydroxylation is 1. The molecular formula is C19H25NO2S. The molecule has 2 rings (SSSR count). The van der Waals surface area contributed by atoms with E-state index in [-0.39, 0.29) is 6.04 Å². The molecule has 3 nitrogen and oxygen atoms in total. The lowest BCUT2D eigenvalue weighted by molar-refractivity contribution is 0.171. The van der Waals surface area contributed by atoms with E-state index in [0.29, 0.717) is 6.54 Å². The Morgan fingerprint density at radius 3 is 2.39 bits per heavy atom. The van der Waals surface area contributed by atoms with Gasteiger partial charge in [-0.05, 0) is 43.4 Å². The van der Waals surface area contributed by atoms with Gasteiger partial charge in [-0.25, -0.2) is 0 Å². The van der Waals surface area contributed by atoms with Gasteiger partial charge < -0.3 is 15.2 Å². The molecule has 2 aromatic rings. The number of methoxy groups -OCH3 is 1. The van der Waals surface area contributed by atoms with Crippen LogP contribution in [0.1, 0.15) is 35.8 Å². The second-order valence-corrected chi connectivity index (χ2v) is 6.52. The molecule has 2 N–H and O–H groups in total. The molecule has 0 aliphatic rings. The fraction of sp³-hybridized carbons (Fsp3) is 0.368. The summed E-state index contributed by atoms with van der Waals surface area (Å²) in [5, 5.41) is 13.7. The molecular weight excluding hydrogens is 306 g/mol. The Hall–Kier alpha value is -1.49. The normalized spacial score (nSPS) is 13.6. The maximum atomic E-state index is 10.3. The second kappa shape index (κ2) is 8.39. The summed E-state index contributed by atoms with van der Waals surface area (Å²) < 4.78 is 5.44. The van der Waals surface area contributed by atoms with Crippen LogP contribution in [0.5, 0.6) is 5.75 Å². The van der Waals surface area contributed by atoms with E-state index >= 15 is 0 Å². The largest absolute Gasteiger partial charge is 0.496 e. The van der Waals surface area contributed by atoms with Crippen molar-refractivity contribution in [3.8, 4) is 5.75 Å². The quantitative estimate of drug-likeness (QED) is 0.749. The van der Waals surface area contributed by atoms with Gasteiger partial charge in [-0.2, -0.15) is 0 Å². The van der Waals surface area contributed by atoms with Gasteiger partial charge in [0.25, 0.3) is 0 Å². The molecule has 2 unspecified atom stereocenters. The van der Waals surface area contributed by atoms with E-state index in [1.54, 1.807) is 18.9 Å². The summed E-state index contributed by atoms with van der Waals surface area (Å²) in [6.45, 7) is 4.65. The average Bonchev–Trinajstić information content (AvgIpc) is 2.59. The molecule has 4 heteroatoms. The van der Waals surface area contributed by atoms with Crippen molar-refractivity contribution in [2.24, 2.45) is 0 Å². The van der Waals surface area contributed by atoms with E-state index in [0.717, 1.165) is 21.8 Å². The molecule has 0 saturated carbocycles. The monoisotopic (exact) mass is 331 g/mol. The summed E-state index contributed by atoms with van der Waals surface area (Å²) in [6, 6.07) is 14.4. The topological polar surface area (TPSA) is 41.5 Å². The Kier molecular flexibility index (Phi) is 6.51. The summed E-state index contributed by atoms with van der Waals surface area (Å²) in [5.74, 6) is 0.891. The maximum absolute atomic E-state index is 10.3. The molecule has 0 spiro atoms. The van der Waals surface area contributed by atoms with Crippen LogP contribution in [0.3, 0.4) is 0 Å². The van der Waals surface area contributed by atoms with E-state index in [1.807, 2.05) is 37.4 Å². The molecule has 0 heterocycles. The van der Waals surface area contributed by atoms with Gasteiger partial charge in [0.15, 0.2) is 0 Å². The lowest BCUT2D eigenvalue weighted by Gasteiger charge is -2.19. The van der Waals surface area contributed by atoms with Gasteiger partial charge in [-0.1, -0.05) is 35.9 Å². The Balaban J connectivity index is 1.98. The van der Waals surface area contributed by atoms with E-state index in [9.17, 15) is 5.11 Å². The van der Waals surface area contributed by atoms with Gasteiger partial charge >= 0.3 is 0 Å². The molecule has 0 saturated heterocycles. The van der Waals surface area contributed by atoms with Crippen molar-refractivity contribution in [3.63, 3.8) is 0 Å². The number of hydrogen-bond donors (Lipinski definition) is 2. The number of rotatable bonds is 7. The molecule has 0 radical (unpaired) electrons. The fourth-order valence-electron chi connectivity index (χ4n) is 2.43. The highest BCUT2D eigenvalue weighted by molar-refractivity contribution is 7.98. The summed E-state index contributed by atoms with van der Waals surface area (Å²) >= 11 is 1.67. The average molecular weight is 331 g/mol. The first-order valence-electron chi connectivity index (χ1n) is 7.75. The van der Waals surface area contributed by atoms with Crippen molar-refractivity contribution in [1.82, 2.24) is 5.32 Å². The Morgan fingerprint density at radius 1 is 1.13 bits per heavy atom. The van der Waals surface area contributed by atoms with Gasteiger partial charge in [-0.15, -0.1) is 11.8 Å². The van der Waals surface area contributed by atoms with Crippen LogP contribution in [0.2, 0.25) is 0 Å². The van der Waals surface area contributed by atoms with E-state index < -0.39 is 6.10 Å². The van der Waals surface area contributed by atoms with Crippen molar-refractivity contribution >= 4 is 11.8 Å². The predicted octanol–water partition coefficient (Wildman–Crippen LogP) is 4.11. The standard InChI is InChI=1S/C19H25NO2S/c1-13-5-7-15(8-6-13)17(21)12-20-14(2)16-9-10-19(23-4)18(11-16)22-3/h5-11,14,17,20-21H,12H2,1-4H3. The van der Waals surface area contributed by atoms with Gasteiger partial charge in [-0.3, -0.25) is 0 Å². The first-order valence-corrected chi connectivity index (χ1v) is 8.97. The third-order valence-electron chi connectivity index (χ3n) is 3.99. The van der Waals surface area contributed by atoms with Crippen LogP contribution < -0.4 is 10.1 Å². The van der Waals surface area contributed by atoms with Gasteiger partial charge in [0, 0.05) is 17.5 Å². The number of aliphatic hydroxyl groups excluding tert-OH is 1. The van der Waals surface area contributed by atoms with Crippen molar-refractivity contribution in [3.05, 3.63) is 59.2 Å². The van der Waals surface area contributed by atoms with Crippen molar-refractivity contribution in [1.29, 1.82) is 0 Å². The van der Waals surface area contributed by atoms with Crippen LogP contribution in [0.4, 0.5) is 0 Å². The molecule has 23 heavy (non-hydrogen) atoms. The molecule has 2 aromatic carbocycles. The first kappa shape index (κ1) is 17.9. The molecule has 0 aromatic heterocycles. The minimum atomic E-state index is -0.509. The summed E-state index contributed by atoms with van der Waals surface area (Å²) in [7, 11) is 1.69. The smallest absolute Gasteiger partial charge is 0.132 e.